The normalized spacial score (nSPS) is 15.2. The predicted molar refractivity (Wildman–Crippen MR) is 142 cm³/mol. The van der Waals surface area contributed by atoms with Gasteiger partial charge in [0.25, 0.3) is 0 Å². The highest BCUT2D eigenvalue weighted by Crippen LogP contribution is 2.48. The van der Waals surface area contributed by atoms with Crippen molar-refractivity contribution in [1.82, 2.24) is 4.57 Å². The number of aliphatic imine (C=N–C) groups is 1. The Hall–Kier alpha value is -3.84. The van der Waals surface area contributed by atoms with Gasteiger partial charge in [0.2, 0.25) is 5.75 Å². The molecule has 2 aliphatic rings. The minimum absolute atomic E-state index is 0.254. The number of ether oxygens (including phenoxy) is 4. The fourth-order valence-electron chi connectivity index (χ4n) is 5.67. The Kier molecular flexibility index (Phi) is 6.08. The molecule has 0 N–H and O–H groups in total. The van der Waals surface area contributed by atoms with E-state index in [0.717, 1.165) is 46.1 Å². The van der Waals surface area contributed by atoms with Gasteiger partial charge in [0.1, 0.15) is 5.82 Å². The number of methoxy groups -OCH3 is 3. The Morgan fingerprint density at radius 1 is 0.919 bits per heavy atom. The highest BCUT2D eigenvalue weighted by Gasteiger charge is 2.30. The SMILES string of the molecule is COc1cc(-c2c(C3CCOCC3)n(-c3ccc(F)cc3)c3cc4c(cc23)CN=C4)cc(OC)c1OC. The van der Waals surface area contributed by atoms with E-state index in [1.54, 1.807) is 21.3 Å². The van der Waals surface area contributed by atoms with Crippen LogP contribution in [0.15, 0.2) is 53.5 Å². The molecule has 1 fully saturated rings. The lowest BCUT2D eigenvalue weighted by Crippen LogP contribution is -2.17. The van der Waals surface area contributed by atoms with Crippen molar-refractivity contribution >= 4 is 17.1 Å². The maximum Gasteiger partial charge on any atom is 0.203 e. The first-order valence-electron chi connectivity index (χ1n) is 12.5. The van der Waals surface area contributed by atoms with Crippen molar-refractivity contribution in [3.63, 3.8) is 0 Å². The topological polar surface area (TPSA) is 54.2 Å². The molecule has 0 spiro atoms. The Bertz CT molecular complexity index is 1480. The molecule has 2 aliphatic heterocycles. The van der Waals surface area contributed by atoms with Crippen molar-refractivity contribution in [2.24, 2.45) is 4.99 Å². The van der Waals surface area contributed by atoms with Gasteiger partial charge in [0, 0.05) is 47.7 Å². The third-order valence-corrected chi connectivity index (χ3v) is 7.40. The molecule has 0 bridgehead atoms. The van der Waals surface area contributed by atoms with E-state index < -0.39 is 0 Å². The Labute approximate surface area is 215 Å². The molecule has 37 heavy (non-hydrogen) atoms. The van der Waals surface area contributed by atoms with Crippen LogP contribution in [0.4, 0.5) is 4.39 Å². The number of fused-ring (bicyclic) bond motifs is 2. The summed E-state index contributed by atoms with van der Waals surface area (Å²) < 4.78 is 39.1. The summed E-state index contributed by atoms with van der Waals surface area (Å²) >= 11 is 0. The van der Waals surface area contributed by atoms with Gasteiger partial charge in [-0.25, -0.2) is 4.39 Å². The highest BCUT2D eigenvalue weighted by atomic mass is 19.1. The number of nitrogens with zero attached hydrogens (tertiary/aromatic N) is 2. The highest BCUT2D eigenvalue weighted by molar-refractivity contribution is 6.03. The molecule has 3 aromatic carbocycles. The lowest BCUT2D eigenvalue weighted by atomic mass is 9.89. The minimum Gasteiger partial charge on any atom is -0.493 e. The third-order valence-electron chi connectivity index (χ3n) is 7.40. The summed E-state index contributed by atoms with van der Waals surface area (Å²) in [7, 11) is 4.87. The molecule has 0 saturated carbocycles. The first kappa shape index (κ1) is 23.6. The standard InChI is InChI=1S/C30H29FN2O4/c1-34-26-14-19(15-27(35-2)30(26)36-3)28-24-12-20-16-32-17-21(20)13-25(24)33(23-6-4-22(31)5-7-23)29(28)18-8-10-37-11-9-18/h4-7,12-15,17-18H,8-11,16H2,1-3H3. The van der Waals surface area contributed by atoms with E-state index in [-0.39, 0.29) is 11.7 Å². The molecular formula is C30H29FN2O4. The van der Waals surface area contributed by atoms with Crippen LogP contribution >= 0.6 is 0 Å². The van der Waals surface area contributed by atoms with E-state index >= 15 is 0 Å². The number of rotatable bonds is 6. The molecule has 0 radical (unpaired) electrons. The fourth-order valence-corrected chi connectivity index (χ4v) is 5.67. The van der Waals surface area contributed by atoms with E-state index in [9.17, 15) is 4.39 Å². The molecule has 0 unspecified atom stereocenters. The number of benzene rings is 3. The molecule has 3 heterocycles. The predicted octanol–water partition coefficient (Wildman–Crippen LogP) is 6.29. The minimum atomic E-state index is -0.259. The molecule has 7 heteroatoms. The molecular weight excluding hydrogens is 471 g/mol. The summed E-state index contributed by atoms with van der Waals surface area (Å²) in [5.41, 5.74) is 7.55. The van der Waals surface area contributed by atoms with Gasteiger partial charge in [-0.05, 0) is 78.1 Å². The van der Waals surface area contributed by atoms with Crippen molar-refractivity contribution < 1.29 is 23.3 Å². The van der Waals surface area contributed by atoms with Crippen LogP contribution in [0.25, 0.3) is 27.7 Å². The average Bonchev–Trinajstić information content (AvgIpc) is 3.53. The van der Waals surface area contributed by atoms with Crippen molar-refractivity contribution in [2.45, 2.75) is 25.3 Å². The molecule has 190 valence electrons. The van der Waals surface area contributed by atoms with Gasteiger partial charge in [-0.1, -0.05) is 0 Å². The van der Waals surface area contributed by atoms with Crippen LogP contribution in [0.1, 0.15) is 35.6 Å². The molecule has 0 amide bonds. The van der Waals surface area contributed by atoms with Crippen LogP contribution in [-0.2, 0) is 11.3 Å². The van der Waals surface area contributed by atoms with Crippen molar-refractivity contribution in [2.75, 3.05) is 34.5 Å². The summed E-state index contributed by atoms with van der Waals surface area (Å²) in [6.07, 6.45) is 3.73. The molecule has 1 saturated heterocycles. The number of hydrogen-bond acceptors (Lipinski definition) is 5. The summed E-state index contributed by atoms with van der Waals surface area (Å²) in [5.74, 6) is 1.75. The second-order valence-corrected chi connectivity index (χ2v) is 9.41. The van der Waals surface area contributed by atoms with Crippen molar-refractivity contribution in [3.8, 4) is 34.1 Å². The zero-order valence-electron chi connectivity index (χ0n) is 21.2. The fraction of sp³-hybridized carbons (Fsp3) is 0.300. The smallest absolute Gasteiger partial charge is 0.203 e. The maximum atomic E-state index is 14.0. The summed E-state index contributed by atoms with van der Waals surface area (Å²) in [4.78, 5) is 4.50. The average molecular weight is 501 g/mol. The van der Waals surface area contributed by atoms with Crippen LogP contribution in [-0.4, -0.2) is 45.3 Å². The number of hydrogen-bond donors (Lipinski definition) is 0. The monoisotopic (exact) mass is 500 g/mol. The van der Waals surface area contributed by atoms with E-state index in [2.05, 4.69) is 21.7 Å². The molecule has 6 rings (SSSR count). The zero-order chi connectivity index (χ0) is 25.5. The van der Waals surface area contributed by atoms with Crippen LogP contribution < -0.4 is 14.2 Å². The van der Waals surface area contributed by atoms with Crippen molar-refractivity contribution in [1.29, 1.82) is 0 Å². The largest absolute Gasteiger partial charge is 0.493 e. The van der Waals surface area contributed by atoms with E-state index in [0.29, 0.717) is 37.0 Å². The van der Waals surface area contributed by atoms with Gasteiger partial charge in [-0.3, -0.25) is 4.99 Å². The van der Waals surface area contributed by atoms with E-state index in [4.69, 9.17) is 18.9 Å². The van der Waals surface area contributed by atoms with Crippen LogP contribution in [0.2, 0.25) is 0 Å². The first-order chi connectivity index (χ1) is 18.1. The summed E-state index contributed by atoms with van der Waals surface area (Å²) in [5, 5.41) is 1.12. The quantitative estimate of drug-likeness (QED) is 0.312. The van der Waals surface area contributed by atoms with Gasteiger partial charge in [-0.15, -0.1) is 0 Å². The second kappa shape index (κ2) is 9.56. The summed E-state index contributed by atoms with van der Waals surface area (Å²) in [6, 6.07) is 15.2. The van der Waals surface area contributed by atoms with Gasteiger partial charge in [0.05, 0.1) is 33.4 Å². The van der Waals surface area contributed by atoms with Gasteiger partial charge in [-0.2, -0.15) is 0 Å². The lowest BCUT2D eigenvalue weighted by Gasteiger charge is -2.26. The molecule has 0 atom stereocenters. The van der Waals surface area contributed by atoms with E-state index in [1.807, 2.05) is 30.5 Å². The molecule has 6 nitrogen and oxygen atoms in total. The Balaban J connectivity index is 1.73. The summed E-state index contributed by atoms with van der Waals surface area (Å²) in [6.45, 7) is 2.06. The Morgan fingerprint density at radius 2 is 1.62 bits per heavy atom. The maximum absolute atomic E-state index is 14.0. The molecule has 1 aromatic heterocycles. The molecule has 0 aliphatic carbocycles. The third kappa shape index (κ3) is 3.94. The van der Waals surface area contributed by atoms with Gasteiger partial charge < -0.3 is 23.5 Å². The second-order valence-electron chi connectivity index (χ2n) is 9.41. The van der Waals surface area contributed by atoms with Crippen LogP contribution in [0.3, 0.4) is 0 Å². The van der Waals surface area contributed by atoms with Crippen LogP contribution in [0.5, 0.6) is 17.2 Å². The molecule has 4 aromatic rings. The zero-order valence-corrected chi connectivity index (χ0v) is 21.2. The van der Waals surface area contributed by atoms with Gasteiger partial charge >= 0.3 is 0 Å². The number of aromatic nitrogens is 1. The Morgan fingerprint density at radius 3 is 2.27 bits per heavy atom. The van der Waals surface area contributed by atoms with Crippen molar-refractivity contribution in [3.05, 3.63) is 71.2 Å². The first-order valence-corrected chi connectivity index (χ1v) is 12.5. The van der Waals surface area contributed by atoms with Crippen LogP contribution in [0, 0.1) is 5.82 Å². The van der Waals surface area contributed by atoms with Gasteiger partial charge in [0.15, 0.2) is 11.5 Å². The lowest BCUT2D eigenvalue weighted by molar-refractivity contribution is 0.0843. The van der Waals surface area contributed by atoms with E-state index in [1.165, 1.54) is 23.4 Å². The number of halogens is 1.